The Morgan fingerprint density at radius 1 is 0.918 bits per heavy atom. The maximum absolute atomic E-state index is 13.8. The summed E-state index contributed by atoms with van der Waals surface area (Å²) in [5.74, 6) is 0.0875. The number of carbonyl (C=O) groups is 3. The number of likely N-dealkylation sites (tertiary alicyclic amines) is 1. The first kappa shape index (κ1) is 38.3. The molecule has 8 heteroatoms. The third-order valence-electron chi connectivity index (χ3n) is 10.6. The number of amides is 3. The fourth-order valence-electron chi connectivity index (χ4n) is 7.32. The summed E-state index contributed by atoms with van der Waals surface area (Å²) in [5.41, 5.74) is 4.62. The Morgan fingerprint density at radius 2 is 1.59 bits per heavy atom. The Bertz CT molecular complexity index is 1380. The Balaban J connectivity index is 1.37. The Kier molecular flexibility index (Phi) is 13.2. The Morgan fingerprint density at radius 3 is 2.18 bits per heavy atom. The Labute approximate surface area is 295 Å². The van der Waals surface area contributed by atoms with Crippen LogP contribution < -0.4 is 15.5 Å². The lowest BCUT2D eigenvalue weighted by Gasteiger charge is -2.32. The number of nitrogens with one attached hydrogen (secondary N) is 2. The van der Waals surface area contributed by atoms with Gasteiger partial charge in [-0.1, -0.05) is 92.5 Å². The summed E-state index contributed by atoms with van der Waals surface area (Å²) in [5, 5.41) is 5.89. The van der Waals surface area contributed by atoms with Gasteiger partial charge in [-0.25, -0.2) is 4.79 Å². The van der Waals surface area contributed by atoms with Gasteiger partial charge in [0.25, 0.3) is 0 Å². The molecule has 0 aliphatic carbocycles. The SMILES string of the molecule is CCCCC(COC(=O)N[C@H](C(=O)N1CCC[C@H]1C(=O)Nc1ccc([C@@H]2CC[C@@H](C)N2c2ccc(C(C)(C)C)cc2)cc1)C(C)C)C(C)C. The first-order valence-corrected chi connectivity index (χ1v) is 18.7. The van der Waals surface area contributed by atoms with Crippen LogP contribution in [0.2, 0.25) is 0 Å². The molecule has 2 aromatic rings. The molecule has 2 aliphatic heterocycles. The predicted octanol–water partition coefficient (Wildman–Crippen LogP) is 8.86. The van der Waals surface area contributed by atoms with Crippen LogP contribution >= 0.6 is 0 Å². The molecular formula is C41H62N4O4. The normalized spacial score (nSPS) is 20.8. The van der Waals surface area contributed by atoms with E-state index in [-0.39, 0.29) is 35.1 Å². The molecule has 2 fully saturated rings. The molecule has 0 radical (unpaired) electrons. The van der Waals surface area contributed by atoms with E-state index in [9.17, 15) is 14.4 Å². The van der Waals surface area contributed by atoms with Crippen LogP contribution in [0.4, 0.5) is 16.2 Å². The Hall–Kier alpha value is -3.55. The first-order chi connectivity index (χ1) is 23.2. The van der Waals surface area contributed by atoms with E-state index in [1.807, 2.05) is 26.0 Å². The number of alkyl carbamates (subject to hydrolysis) is 1. The van der Waals surface area contributed by atoms with Crippen molar-refractivity contribution in [1.82, 2.24) is 10.2 Å². The fraction of sp³-hybridized carbons (Fsp3) is 0.634. The molecule has 2 aromatic carbocycles. The van der Waals surface area contributed by atoms with Crippen molar-refractivity contribution in [3.05, 3.63) is 59.7 Å². The summed E-state index contributed by atoms with van der Waals surface area (Å²) >= 11 is 0. The molecule has 1 unspecified atom stereocenters. The molecule has 2 N–H and O–H groups in total. The lowest BCUT2D eigenvalue weighted by molar-refractivity contribution is -0.139. The zero-order valence-corrected chi connectivity index (χ0v) is 31.6. The molecule has 2 aliphatic rings. The topological polar surface area (TPSA) is 91.0 Å². The molecule has 8 nitrogen and oxygen atoms in total. The maximum Gasteiger partial charge on any atom is 0.407 e. The van der Waals surface area contributed by atoms with Gasteiger partial charge in [0.05, 0.1) is 12.6 Å². The van der Waals surface area contributed by atoms with Crippen molar-refractivity contribution >= 4 is 29.3 Å². The standard InChI is InChI=1S/C41H62N4O4/c1-10-11-13-31(27(2)3)26-49-40(48)43-37(28(4)5)39(47)44-25-12-14-36(44)38(46)42-33-20-16-30(17-21-33)35-24-15-29(6)45(35)34-22-18-32(19-23-34)41(7,8)9/h16-23,27-29,31,35-37H,10-15,24-26H2,1-9H3,(H,42,46)(H,43,48)/t29-,31?,35+,36+,37+/m1/s1. The number of nitrogens with zero attached hydrogens (tertiary/aromatic N) is 2. The van der Waals surface area contributed by atoms with Gasteiger partial charge >= 0.3 is 6.09 Å². The zero-order chi connectivity index (χ0) is 35.9. The quantitative estimate of drug-likeness (QED) is 0.222. The van der Waals surface area contributed by atoms with Gasteiger partial charge in [-0.3, -0.25) is 9.59 Å². The smallest absolute Gasteiger partial charge is 0.407 e. The van der Waals surface area contributed by atoms with Crippen LogP contribution in [0.3, 0.4) is 0 Å². The third kappa shape index (κ3) is 9.79. The second kappa shape index (κ2) is 16.9. The second-order valence-corrected chi connectivity index (χ2v) is 16.1. The number of rotatable bonds is 13. The van der Waals surface area contributed by atoms with Gasteiger partial charge in [0.15, 0.2) is 0 Å². The minimum atomic E-state index is -0.769. The van der Waals surface area contributed by atoms with E-state index in [0.717, 1.165) is 38.5 Å². The van der Waals surface area contributed by atoms with Gasteiger partial charge in [0, 0.05) is 24.0 Å². The molecule has 2 saturated heterocycles. The number of hydrogen-bond acceptors (Lipinski definition) is 5. The van der Waals surface area contributed by atoms with Crippen molar-refractivity contribution in [3.63, 3.8) is 0 Å². The van der Waals surface area contributed by atoms with Gasteiger partial charge in [0.1, 0.15) is 12.1 Å². The van der Waals surface area contributed by atoms with Crippen molar-refractivity contribution in [2.45, 2.75) is 137 Å². The van der Waals surface area contributed by atoms with Crippen LogP contribution in [-0.2, 0) is 19.7 Å². The molecule has 0 saturated carbocycles. The van der Waals surface area contributed by atoms with Gasteiger partial charge in [-0.05, 0) is 97.6 Å². The average molecular weight is 675 g/mol. The maximum atomic E-state index is 13.8. The number of benzene rings is 2. The molecule has 5 atom stereocenters. The van der Waals surface area contributed by atoms with Crippen molar-refractivity contribution < 1.29 is 19.1 Å². The van der Waals surface area contributed by atoms with Gasteiger partial charge in [0.2, 0.25) is 11.8 Å². The van der Waals surface area contributed by atoms with Gasteiger partial charge in [-0.15, -0.1) is 0 Å². The van der Waals surface area contributed by atoms with Gasteiger partial charge < -0.3 is 25.2 Å². The van der Waals surface area contributed by atoms with Crippen LogP contribution in [0.1, 0.15) is 124 Å². The monoisotopic (exact) mass is 674 g/mol. The molecule has 0 spiro atoms. The molecule has 49 heavy (non-hydrogen) atoms. The van der Waals surface area contributed by atoms with E-state index in [4.69, 9.17) is 4.74 Å². The van der Waals surface area contributed by atoms with E-state index in [0.29, 0.717) is 37.2 Å². The number of ether oxygens (including phenoxy) is 1. The summed E-state index contributed by atoms with van der Waals surface area (Å²) in [7, 11) is 0. The number of hydrogen-bond donors (Lipinski definition) is 2. The zero-order valence-electron chi connectivity index (χ0n) is 31.6. The van der Waals surface area contributed by atoms with Crippen molar-refractivity contribution in [1.29, 1.82) is 0 Å². The lowest BCUT2D eigenvalue weighted by atomic mass is 9.87. The van der Waals surface area contributed by atoms with E-state index in [1.54, 1.807) is 4.90 Å². The molecule has 270 valence electrons. The van der Waals surface area contributed by atoms with Crippen molar-refractivity contribution in [2.75, 3.05) is 23.4 Å². The molecule has 2 heterocycles. The predicted molar refractivity (Wildman–Crippen MR) is 200 cm³/mol. The van der Waals surface area contributed by atoms with Crippen molar-refractivity contribution in [2.24, 2.45) is 17.8 Å². The molecule has 0 aromatic heterocycles. The first-order valence-electron chi connectivity index (χ1n) is 18.7. The summed E-state index contributed by atoms with van der Waals surface area (Å²) in [4.78, 5) is 44.3. The molecule has 3 amide bonds. The highest BCUT2D eigenvalue weighted by Crippen LogP contribution is 2.40. The summed E-state index contributed by atoms with van der Waals surface area (Å²) in [6.07, 6.45) is 6.13. The highest BCUT2D eigenvalue weighted by Gasteiger charge is 2.39. The highest BCUT2D eigenvalue weighted by atomic mass is 16.5. The van der Waals surface area contributed by atoms with Crippen molar-refractivity contribution in [3.8, 4) is 0 Å². The molecule has 4 rings (SSSR count). The summed E-state index contributed by atoms with van der Waals surface area (Å²) < 4.78 is 5.61. The van der Waals surface area contributed by atoms with E-state index < -0.39 is 18.2 Å². The third-order valence-corrected chi connectivity index (χ3v) is 10.6. The number of anilines is 2. The van der Waals surface area contributed by atoms with Gasteiger partial charge in [-0.2, -0.15) is 0 Å². The largest absolute Gasteiger partial charge is 0.449 e. The van der Waals surface area contributed by atoms with E-state index in [2.05, 4.69) is 100 Å². The molecular weight excluding hydrogens is 612 g/mol. The summed E-state index contributed by atoms with van der Waals surface area (Å²) in [6.45, 7) is 20.1. The minimum Gasteiger partial charge on any atom is -0.449 e. The minimum absolute atomic E-state index is 0.115. The summed E-state index contributed by atoms with van der Waals surface area (Å²) in [6, 6.07) is 16.5. The average Bonchev–Trinajstić information content (AvgIpc) is 3.70. The van der Waals surface area contributed by atoms with Crippen LogP contribution in [-0.4, -0.2) is 54.1 Å². The highest BCUT2D eigenvalue weighted by molar-refractivity contribution is 5.98. The van der Waals surface area contributed by atoms with Crippen LogP contribution in [0.5, 0.6) is 0 Å². The van der Waals surface area contributed by atoms with Crippen LogP contribution in [0.15, 0.2) is 48.5 Å². The second-order valence-electron chi connectivity index (χ2n) is 16.1. The number of carbonyl (C=O) groups excluding carboxylic acids is 3. The van der Waals surface area contributed by atoms with E-state index in [1.165, 1.54) is 16.8 Å². The lowest BCUT2D eigenvalue weighted by Crippen LogP contribution is -2.54. The molecule has 0 bridgehead atoms. The van der Waals surface area contributed by atoms with Crippen LogP contribution in [0, 0.1) is 17.8 Å². The number of unbranched alkanes of at least 4 members (excludes halogenated alkanes) is 1. The van der Waals surface area contributed by atoms with E-state index >= 15 is 0 Å². The fourth-order valence-corrected chi connectivity index (χ4v) is 7.32. The van der Waals surface area contributed by atoms with Crippen LogP contribution in [0.25, 0.3) is 0 Å².